The average Bonchev–Trinajstić information content (AvgIpc) is 2.46. The van der Waals surface area contributed by atoms with Crippen molar-refractivity contribution in [3.8, 4) is 0 Å². The van der Waals surface area contributed by atoms with Crippen molar-refractivity contribution >= 4 is 33.0 Å². The van der Waals surface area contributed by atoms with E-state index in [4.69, 9.17) is 11.6 Å². The van der Waals surface area contributed by atoms with Gasteiger partial charge in [-0.15, -0.1) is 16.2 Å². The molecule has 0 saturated heterocycles. The van der Waals surface area contributed by atoms with Gasteiger partial charge in [0.1, 0.15) is 4.21 Å². The Morgan fingerprint density at radius 1 is 1.73 bits per heavy atom. The second-order valence-corrected chi connectivity index (χ2v) is 6.60. The summed E-state index contributed by atoms with van der Waals surface area (Å²) in [7, 11) is -3.45. The Morgan fingerprint density at radius 3 is 3.13 bits per heavy atom. The van der Waals surface area contributed by atoms with Crippen LogP contribution in [0.15, 0.2) is 10.3 Å². The first kappa shape index (κ1) is 11.3. The maximum absolute atomic E-state index is 11.7. The van der Waals surface area contributed by atoms with Crippen LogP contribution in [0.1, 0.15) is 12.5 Å². The molecular formula is C7H10ClN3O2S2. The van der Waals surface area contributed by atoms with Crippen LogP contribution >= 0.6 is 22.9 Å². The Balaban J connectivity index is 2.39. The zero-order chi connectivity index (χ0) is 11.1. The van der Waals surface area contributed by atoms with Gasteiger partial charge in [0, 0.05) is 12.1 Å². The van der Waals surface area contributed by atoms with E-state index in [0.29, 0.717) is 21.6 Å². The zero-order valence-electron chi connectivity index (χ0n) is 7.95. The summed E-state index contributed by atoms with van der Waals surface area (Å²) in [6.45, 7) is 3.02. The number of rotatable bonds is 2. The summed E-state index contributed by atoms with van der Waals surface area (Å²) in [6.07, 6.45) is 0. The van der Waals surface area contributed by atoms with Crippen molar-refractivity contribution in [1.29, 1.82) is 0 Å². The number of nitrogens with zero attached hydrogens (tertiary/aromatic N) is 1. The third kappa shape index (κ3) is 2.17. The molecule has 0 aliphatic carbocycles. The second kappa shape index (κ2) is 4.00. The van der Waals surface area contributed by atoms with E-state index in [9.17, 15) is 8.42 Å². The van der Waals surface area contributed by atoms with E-state index in [2.05, 4.69) is 10.3 Å². The molecule has 1 aromatic heterocycles. The lowest BCUT2D eigenvalue weighted by Crippen LogP contribution is -2.52. The Labute approximate surface area is 97.0 Å². The lowest BCUT2D eigenvalue weighted by atomic mass is 10.3. The third-order valence-corrected chi connectivity index (χ3v) is 5.11. The molecular weight excluding hydrogens is 258 g/mol. The maximum atomic E-state index is 11.7. The van der Waals surface area contributed by atoms with Crippen molar-refractivity contribution in [1.82, 2.24) is 15.4 Å². The minimum absolute atomic E-state index is 0.307. The number of sulfonamides is 1. The molecule has 1 aliphatic heterocycles. The molecule has 1 aromatic rings. The van der Waals surface area contributed by atoms with Crippen LogP contribution in [-0.4, -0.2) is 20.1 Å². The molecule has 0 aromatic carbocycles. The second-order valence-electron chi connectivity index (χ2n) is 3.06. The van der Waals surface area contributed by atoms with Crippen LogP contribution in [0.3, 0.4) is 0 Å². The van der Waals surface area contributed by atoms with Crippen LogP contribution in [0.5, 0.6) is 0 Å². The first-order valence-electron chi connectivity index (χ1n) is 4.34. The van der Waals surface area contributed by atoms with Gasteiger partial charge in [0.2, 0.25) is 0 Å². The van der Waals surface area contributed by atoms with Gasteiger partial charge < -0.3 is 0 Å². The summed E-state index contributed by atoms with van der Waals surface area (Å²) in [5.74, 6) is 0. The molecule has 0 fully saturated rings. The largest absolute Gasteiger partial charge is 0.264 e. The maximum Gasteiger partial charge on any atom is 0.264 e. The summed E-state index contributed by atoms with van der Waals surface area (Å²) >= 11 is 6.87. The molecule has 0 atom stereocenters. The number of hydrazine groups is 2. The van der Waals surface area contributed by atoms with Crippen LogP contribution in [-0.2, 0) is 16.6 Å². The van der Waals surface area contributed by atoms with Gasteiger partial charge in [-0.25, -0.2) is 13.8 Å². The molecule has 0 saturated carbocycles. The molecule has 1 aliphatic rings. The topological polar surface area (TPSA) is 61.4 Å². The van der Waals surface area contributed by atoms with Gasteiger partial charge in [0.25, 0.3) is 10.0 Å². The fourth-order valence-corrected chi connectivity index (χ4v) is 4.31. The van der Waals surface area contributed by atoms with E-state index in [1.807, 2.05) is 6.92 Å². The number of halogens is 1. The van der Waals surface area contributed by atoms with Gasteiger partial charge in [-0.3, -0.25) is 0 Å². The lowest BCUT2D eigenvalue weighted by molar-refractivity contribution is 0.145. The van der Waals surface area contributed by atoms with Gasteiger partial charge >= 0.3 is 0 Å². The Bertz CT molecular complexity index is 471. The Hall–Kier alpha value is -0.180. The molecule has 0 amide bonds. The van der Waals surface area contributed by atoms with Gasteiger partial charge in [0.05, 0.1) is 10.9 Å². The number of fused-ring (bicyclic) bond motifs is 1. The third-order valence-electron chi connectivity index (χ3n) is 1.89. The molecule has 2 rings (SSSR count). The van der Waals surface area contributed by atoms with Crippen LogP contribution in [0, 0.1) is 0 Å². The molecule has 2 heterocycles. The summed E-state index contributed by atoms with van der Waals surface area (Å²) < 4.78 is 24.3. The molecule has 0 radical (unpaired) electrons. The van der Waals surface area contributed by atoms with E-state index in [0.717, 1.165) is 16.9 Å². The number of nitrogens with one attached hydrogen (secondary N) is 2. The van der Waals surface area contributed by atoms with Crippen LogP contribution in [0.2, 0.25) is 4.34 Å². The molecule has 0 bridgehead atoms. The van der Waals surface area contributed by atoms with E-state index < -0.39 is 10.0 Å². The SMILES string of the molecule is CCNN1Cc2cc(Cl)sc2S(=O)(=O)N1. The highest BCUT2D eigenvalue weighted by Crippen LogP contribution is 2.33. The average molecular weight is 268 g/mol. The van der Waals surface area contributed by atoms with Gasteiger partial charge in [-0.1, -0.05) is 18.5 Å². The van der Waals surface area contributed by atoms with E-state index in [-0.39, 0.29) is 0 Å². The Kier molecular flexibility index (Phi) is 3.02. The standard InChI is InChI=1S/C7H10ClN3O2S2/c1-2-9-11-4-5-3-6(8)14-7(5)15(12,13)10-11/h3,9-10H,2,4H2,1H3. The van der Waals surface area contributed by atoms with E-state index in [1.54, 1.807) is 6.07 Å². The Morgan fingerprint density at radius 2 is 2.47 bits per heavy atom. The van der Waals surface area contributed by atoms with Crippen molar-refractivity contribution in [3.63, 3.8) is 0 Å². The highest BCUT2D eigenvalue weighted by Gasteiger charge is 2.30. The predicted molar refractivity (Wildman–Crippen MR) is 58.9 cm³/mol. The summed E-state index contributed by atoms with van der Waals surface area (Å²) in [4.78, 5) is 2.41. The summed E-state index contributed by atoms with van der Waals surface area (Å²) in [5.41, 5.74) is 3.62. The van der Waals surface area contributed by atoms with Crippen molar-refractivity contribution in [3.05, 3.63) is 16.0 Å². The summed E-state index contributed by atoms with van der Waals surface area (Å²) in [6, 6.07) is 1.68. The van der Waals surface area contributed by atoms with Gasteiger partial charge in [-0.05, 0) is 6.07 Å². The molecule has 15 heavy (non-hydrogen) atoms. The van der Waals surface area contributed by atoms with Crippen LogP contribution < -0.4 is 10.3 Å². The molecule has 84 valence electrons. The summed E-state index contributed by atoms with van der Waals surface area (Å²) in [5, 5.41) is 1.45. The number of hydrogen-bond donors (Lipinski definition) is 2. The first-order chi connectivity index (χ1) is 7.03. The number of thiophene rings is 1. The van der Waals surface area contributed by atoms with Crippen molar-refractivity contribution in [2.75, 3.05) is 6.54 Å². The molecule has 2 N–H and O–H groups in total. The highest BCUT2D eigenvalue weighted by atomic mass is 35.5. The molecule has 0 spiro atoms. The fraction of sp³-hybridized carbons (Fsp3) is 0.429. The van der Waals surface area contributed by atoms with Gasteiger partial charge in [-0.2, -0.15) is 5.12 Å². The molecule has 0 unspecified atom stereocenters. The normalized spacial score (nSPS) is 20.1. The fourth-order valence-electron chi connectivity index (χ4n) is 1.39. The predicted octanol–water partition coefficient (Wildman–Crippen LogP) is 0.935. The van der Waals surface area contributed by atoms with Crippen LogP contribution in [0.4, 0.5) is 0 Å². The minimum atomic E-state index is -3.45. The van der Waals surface area contributed by atoms with Crippen molar-refractivity contribution in [2.45, 2.75) is 17.7 Å². The monoisotopic (exact) mass is 267 g/mol. The first-order valence-corrected chi connectivity index (χ1v) is 7.02. The quantitative estimate of drug-likeness (QED) is 0.837. The molecule has 8 heteroatoms. The van der Waals surface area contributed by atoms with Crippen molar-refractivity contribution in [2.24, 2.45) is 0 Å². The van der Waals surface area contributed by atoms with Crippen molar-refractivity contribution < 1.29 is 8.42 Å². The number of hydrogen-bond acceptors (Lipinski definition) is 5. The van der Waals surface area contributed by atoms with E-state index in [1.165, 1.54) is 5.12 Å². The highest BCUT2D eigenvalue weighted by molar-refractivity contribution is 7.91. The van der Waals surface area contributed by atoms with Gasteiger partial charge in [0.15, 0.2) is 0 Å². The zero-order valence-corrected chi connectivity index (χ0v) is 10.3. The smallest absolute Gasteiger partial charge is 0.241 e. The van der Waals surface area contributed by atoms with Crippen LogP contribution in [0.25, 0.3) is 0 Å². The van der Waals surface area contributed by atoms with E-state index >= 15 is 0 Å². The lowest BCUT2D eigenvalue weighted by Gasteiger charge is -2.26. The molecule has 5 nitrogen and oxygen atoms in total. The minimum Gasteiger partial charge on any atom is -0.241 e.